The standard InChI is InChI=1S/C13H9ClF2N2S/c14-8-2-1-3-9(15)12(8)18-11-5-4-7(13(17)19)6-10(11)16/h1-6,18H,(H2,17,19). The number of para-hydroxylation sites is 1. The molecule has 6 heteroatoms. The second kappa shape index (κ2) is 5.50. The zero-order chi connectivity index (χ0) is 14.0. The van der Waals surface area contributed by atoms with Gasteiger partial charge in [-0.3, -0.25) is 0 Å². The van der Waals surface area contributed by atoms with E-state index in [-0.39, 0.29) is 21.4 Å². The first-order valence-electron chi connectivity index (χ1n) is 5.29. The van der Waals surface area contributed by atoms with Crippen LogP contribution in [0.3, 0.4) is 0 Å². The number of thiocarbonyl (C=S) groups is 1. The van der Waals surface area contributed by atoms with Crippen LogP contribution in [-0.4, -0.2) is 4.99 Å². The van der Waals surface area contributed by atoms with E-state index >= 15 is 0 Å². The van der Waals surface area contributed by atoms with E-state index in [0.29, 0.717) is 5.56 Å². The third-order valence-electron chi connectivity index (χ3n) is 2.48. The van der Waals surface area contributed by atoms with Crippen LogP contribution in [0.15, 0.2) is 36.4 Å². The summed E-state index contributed by atoms with van der Waals surface area (Å²) in [7, 11) is 0. The summed E-state index contributed by atoms with van der Waals surface area (Å²) < 4.78 is 27.4. The Hall–Kier alpha value is -1.72. The van der Waals surface area contributed by atoms with Crippen molar-refractivity contribution in [1.82, 2.24) is 0 Å². The molecule has 0 atom stereocenters. The minimum Gasteiger partial charge on any atom is -0.389 e. The fourth-order valence-corrected chi connectivity index (χ4v) is 1.86. The Morgan fingerprint density at radius 2 is 1.89 bits per heavy atom. The van der Waals surface area contributed by atoms with Crippen LogP contribution < -0.4 is 11.1 Å². The van der Waals surface area contributed by atoms with Crippen molar-refractivity contribution >= 4 is 40.2 Å². The third-order valence-corrected chi connectivity index (χ3v) is 3.03. The van der Waals surface area contributed by atoms with E-state index in [2.05, 4.69) is 5.32 Å². The van der Waals surface area contributed by atoms with Gasteiger partial charge in [0, 0.05) is 5.56 Å². The molecule has 0 bridgehead atoms. The maximum Gasteiger partial charge on any atom is 0.148 e. The van der Waals surface area contributed by atoms with Gasteiger partial charge in [0.05, 0.1) is 16.4 Å². The van der Waals surface area contributed by atoms with Crippen molar-refractivity contribution in [2.45, 2.75) is 0 Å². The van der Waals surface area contributed by atoms with Crippen LogP contribution in [0.25, 0.3) is 0 Å². The van der Waals surface area contributed by atoms with Gasteiger partial charge in [-0.1, -0.05) is 29.9 Å². The first-order chi connectivity index (χ1) is 8.99. The van der Waals surface area contributed by atoms with Crippen molar-refractivity contribution in [1.29, 1.82) is 0 Å². The zero-order valence-corrected chi connectivity index (χ0v) is 11.2. The highest BCUT2D eigenvalue weighted by Gasteiger charge is 2.10. The van der Waals surface area contributed by atoms with Gasteiger partial charge in [-0.25, -0.2) is 8.78 Å². The first-order valence-corrected chi connectivity index (χ1v) is 6.08. The molecular formula is C13H9ClF2N2S. The summed E-state index contributed by atoms with van der Waals surface area (Å²) in [5, 5.41) is 2.77. The molecule has 0 aliphatic carbocycles. The second-order valence-electron chi connectivity index (χ2n) is 3.78. The summed E-state index contributed by atoms with van der Waals surface area (Å²) in [4.78, 5) is 0.0920. The van der Waals surface area contributed by atoms with E-state index in [9.17, 15) is 8.78 Å². The van der Waals surface area contributed by atoms with E-state index in [4.69, 9.17) is 29.6 Å². The van der Waals surface area contributed by atoms with Crippen molar-refractivity contribution in [2.24, 2.45) is 5.73 Å². The van der Waals surface area contributed by atoms with Crippen LogP contribution >= 0.6 is 23.8 Å². The lowest BCUT2D eigenvalue weighted by Gasteiger charge is -2.11. The van der Waals surface area contributed by atoms with Crippen molar-refractivity contribution < 1.29 is 8.78 Å². The molecule has 0 spiro atoms. The topological polar surface area (TPSA) is 38.0 Å². The molecule has 0 fully saturated rings. The molecule has 0 aromatic heterocycles. The number of hydrogen-bond donors (Lipinski definition) is 2. The number of anilines is 2. The normalized spacial score (nSPS) is 10.3. The van der Waals surface area contributed by atoms with Gasteiger partial charge >= 0.3 is 0 Å². The summed E-state index contributed by atoms with van der Waals surface area (Å²) in [5.41, 5.74) is 5.91. The Labute approximate surface area is 119 Å². The molecule has 0 aliphatic heterocycles. The van der Waals surface area contributed by atoms with Crippen LogP contribution in [0.4, 0.5) is 20.2 Å². The average molecular weight is 299 g/mol. The molecule has 98 valence electrons. The molecule has 0 aliphatic rings. The van der Waals surface area contributed by atoms with Gasteiger partial charge in [0.1, 0.15) is 16.6 Å². The van der Waals surface area contributed by atoms with Crippen LogP contribution in [0.2, 0.25) is 5.02 Å². The number of nitrogens with one attached hydrogen (secondary N) is 1. The molecule has 0 amide bonds. The van der Waals surface area contributed by atoms with Gasteiger partial charge in [0.15, 0.2) is 0 Å². The quantitative estimate of drug-likeness (QED) is 0.841. The Kier molecular flexibility index (Phi) is 3.97. The lowest BCUT2D eigenvalue weighted by Crippen LogP contribution is -2.10. The molecule has 0 saturated carbocycles. The molecule has 2 aromatic carbocycles. The minimum atomic E-state index is -0.593. The molecule has 2 rings (SSSR count). The van der Waals surface area contributed by atoms with Gasteiger partial charge in [-0.15, -0.1) is 0 Å². The van der Waals surface area contributed by atoms with Crippen LogP contribution in [0.1, 0.15) is 5.56 Å². The molecule has 0 saturated heterocycles. The molecule has 0 radical (unpaired) electrons. The predicted octanol–water partition coefficient (Wildman–Crippen LogP) is 4.00. The Morgan fingerprint density at radius 1 is 1.16 bits per heavy atom. The molecule has 2 aromatic rings. The van der Waals surface area contributed by atoms with Gasteiger partial charge in [-0.05, 0) is 30.3 Å². The molecule has 2 nitrogen and oxygen atoms in total. The number of benzene rings is 2. The third kappa shape index (κ3) is 3.00. The second-order valence-corrected chi connectivity index (χ2v) is 4.63. The molecule has 0 unspecified atom stereocenters. The van der Waals surface area contributed by atoms with Crippen molar-refractivity contribution in [3.8, 4) is 0 Å². The minimum absolute atomic E-state index is 0.0196. The number of hydrogen-bond acceptors (Lipinski definition) is 2. The van der Waals surface area contributed by atoms with Crippen molar-refractivity contribution in [2.75, 3.05) is 5.32 Å². The van der Waals surface area contributed by atoms with Gasteiger partial charge in [-0.2, -0.15) is 0 Å². The van der Waals surface area contributed by atoms with Crippen LogP contribution in [-0.2, 0) is 0 Å². The highest BCUT2D eigenvalue weighted by molar-refractivity contribution is 7.80. The summed E-state index contributed by atoms with van der Waals surface area (Å²) >= 11 is 10.6. The van der Waals surface area contributed by atoms with E-state index in [1.807, 2.05) is 0 Å². The van der Waals surface area contributed by atoms with Gasteiger partial charge in [0.25, 0.3) is 0 Å². The van der Waals surface area contributed by atoms with Gasteiger partial charge < -0.3 is 11.1 Å². The fraction of sp³-hybridized carbons (Fsp3) is 0. The van der Waals surface area contributed by atoms with Crippen LogP contribution in [0.5, 0.6) is 0 Å². The molecule has 0 heterocycles. The summed E-state index contributed by atoms with van der Waals surface area (Å²) in [6.45, 7) is 0. The molecule has 3 N–H and O–H groups in total. The molecular weight excluding hydrogens is 290 g/mol. The first kappa shape index (κ1) is 13.7. The SMILES string of the molecule is NC(=S)c1ccc(Nc2c(F)cccc2Cl)c(F)c1. The van der Waals surface area contributed by atoms with Gasteiger partial charge in [0.2, 0.25) is 0 Å². The average Bonchev–Trinajstić information content (AvgIpc) is 2.35. The number of halogens is 3. The predicted molar refractivity (Wildman–Crippen MR) is 77.0 cm³/mol. The van der Waals surface area contributed by atoms with E-state index in [0.717, 1.165) is 0 Å². The fourth-order valence-electron chi connectivity index (χ4n) is 1.52. The maximum atomic E-state index is 13.8. The van der Waals surface area contributed by atoms with Crippen molar-refractivity contribution in [3.63, 3.8) is 0 Å². The summed E-state index contributed by atoms with van der Waals surface area (Å²) in [5.74, 6) is -1.16. The largest absolute Gasteiger partial charge is 0.389 e. The lowest BCUT2D eigenvalue weighted by molar-refractivity contribution is 0.625. The van der Waals surface area contributed by atoms with Crippen LogP contribution in [0, 0.1) is 11.6 Å². The van der Waals surface area contributed by atoms with Crippen molar-refractivity contribution in [3.05, 3.63) is 58.6 Å². The smallest absolute Gasteiger partial charge is 0.148 e. The Balaban J connectivity index is 2.36. The molecule has 19 heavy (non-hydrogen) atoms. The van der Waals surface area contributed by atoms with E-state index < -0.39 is 11.6 Å². The maximum absolute atomic E-state index is 13.8. The monoisotopic (exact) mass is 298 g/mol. The number of nitrogens with two attached hydrogens (primary N) is 1. The Morgan fingerprint density at radius 3 is 2.47 bits per heavy atom. The summed E-state index contributed by atoms with van der Waals surface area (Å²) in [6.07, 6.45) is 0. The van der Waals surface area contributed by atoms with E-state index in [1.165, 1.54) is 30.3 Å². The van der Waals surface area contributed by atoms with E-state index in [1.54, 1.807) is 6.07 Å². The zero-order valence-electron chi connectivity index (χ0n) is 9.58. The highest BCUT2D eigenvalue weighted by atomic mass is 35.5. The lowest BCUT2D eigenvalue weighted by atomic mass is 10.2. The summed E-state index contributed by atoms with van der Waals surface area (Å²) in [6, 6.07) is 8.35. The Bertz CT molecular complexity index is 626. The number of rotatable bonds is 3. The highest BCUT2D eigenvalue weighted by Crippen LogP contribution is 2.29.